The number of halogens is 1. The first-order chi connectivity index (χ1) is 5.25. The Labute approximate surface area is 96.3 Å². The number of nitrogens with one attached hydrogen (secondary N) is 1. The van der Waals surface area contributed by atoms with E-state index in [1.807, 2.05) is 0 Å². The number of carbonyl (C=O) groups is 1. The standard InChI is InChI=1S/C6H5ClN2O2.Na/c7-9-4-2-1-3-8-5(4)6(10)11;/h1-3,9H,(H,10,11);/q;+1/p-1. The van der Waals surface area contributed by atoms with E-state index in [0.29, 0.717) is 0 Å². The molecule has 1 N–H and O–H groups in total. The number of anilines is 1. The Bertz CT molecular complexity index is 282. The summed E-state index contributed by atoms with van der Waals surface area (Å²) in [5, 5.41) is 10.3. The van der Waals surface area contributed by atoms with Crippen molar-refractivity contribution in [2.24, 2.45) is 0 Å². The summed E-state index contributed by atoms with van der Waals surface area (Å²) >= 11 is 5.20. The number of nitrogens with zero attached hydrogens (tertiary/aromatic N) is 1. The van der Waals surface area contributed by atoms with Crippen molar-refractivity contribution in [3.05, 3.63) is 24.0 Å². The van der Waals surface area contributed by atoms with E-state index in [1.54, 1.807) is 6.07 Å². The maximum Gasteiger partial charge on any atom is 1.00 e. The molecular weight excluding hydrogens is 191 g/mol. The SMILES string of the molecule is O=C([O-])c1ncccc1NCl.[Na+]. The van der Waals surface area contributed by atoms with Gasteiger partial charge in [0.15, 0.2) is 0 Å². The van der Waals surface area contributed by atoms with E-state index in [-0.39, 0.29) is 40.9 Å². The molecule has 58 valence electrons. The molecule has 0 aliphatic heterocycles. The fourth-order valence-electron chi connectivity index (χ4n) is 0.644. The quantitative estimate of drug-likeness (QED) is 0.403. The number of hydrogen-bond donors (Lipinski definition) is 1. The Morgan fingerprint density at radius 3 is 2.75 bits per heavy atom. The molecule has 1 rings (SSSR count). The monoisotopic (exact) mass is 194 g/mol. The van der Waals surface area contributed by atoms with Crippen LogP contribution in [0.15, 0.2) is 18.3 Å². The van der Waals surface area contributed by atoms with Gasteiger partial charge in [-0.05, 0) is 12.1 Å². The first kappa shape index (κ1) is 11.7. The average molecular weight is 195 g/mol. The second-order valence-corrected chi connectivity index (χ2v) is 1.97. The van der Waals surface area contributed by atoms with Gasteiger partial charge in [-0.2, -0.15) is 0 Å². The summed E-state index contributed by atoms with van der Waals surface area (Å²) in [6, 6.07) is 3.06. The van der Waals surface area contributed by atoms with Gasteiger partial charge in [0, 0.05) is 18.0 Å². The second kappa shape index (κ2) is 5.37. The molecule has 0 aliphatic rings. The molecule has 0 spiro atoms. The maximum absolute atomic E-state index is 10.3. The summed E-state index contributed by atoms with van der Waals surface area (Å²) in [6.45, 7) is 0. The summed E-state index contributed by atoms with van der Waals surface area (Å²) in [6.07, 6.45) is 1.35. The van der Waals surface area contributed by atoms with E-state index in [9.17, 15) is 9.90 Å². The Hall–Kier alpha value is -0.290. The zero-order valence-electron chi connectivity index (χ0n) is 6.37. The van der Waals surface area contributed by atoms with Crippen molar-refractivity contribution < 1.29 is 39.5 Å². The van der Waals surface area contributed by atoms with Crippen LogP contribution in [-0.4, -0.2) is 11.0 Å². The van der Waals surface area contributed by atoms with Crippen LogP contribution in [0.2, 0.25) is 0 Å². The summed E-state index contributed by atoms with van der Waals surface area (Å²) in [5.74, 6) is -1.35. The Morgan fingerprint density at radius 2 is 2.33 bits per heavy atom. The molecule has 0 unspecified atom stereocenters. The van der Waals surface area contributed by atoms with Crippen LogP contribution in [0.1, 0.15) is 10.5 Å². The van der Waals surface area contributed by atoms with Crippen LogP contribution >= 0.6 is 11.8 Å². The van der Waals surface area contributed by atoms with Gasteiger partial charge in [0.2, 0.25) is 0 Å². The van der Waals surface area contributed by atoms with Crippen molar-refractivity contribution in [1.29, 1.82) is 0 Å². The fourth-order valence-corrected chi connectivity index (χ4v) is 0.797. The molecule has 12 heavy (non-hydrogen) atoms. The van der Waals surface area contributed by atoms with E-state index >= 15 is 0 Å². The average Bonchev–Trinajstić information content (AvgIpc) is 2.04. The van der Waals surface area contributed by atoms with E-state index in [1.165, 1.54) is 12.3 Å². The molecule has 0 saturated carbocycles. The number of aromatic nitrogens is 1. The number of carboxylic acid groups (broad SMARTS) is 1. The number of carboxylic acids is 1. The van der Waals surface area contributed by atoms with Gasteiger partial charge in [-0.1, -0.05) is 0 Å². The molecule has 4 nitrogen and oxygen atoms in total. The minimum absolute atomic E-state index is 0. The molecule has 6 heteroatoms. The minimum atomic E-state index is -1.35. The van der Waals surface area contributed by atoms with Gasteiger partial charge in [-0.15, -0.1) is 0 Å². The van der Waals surface area contributed by atoms with Crippen molar-refractivity contribution in [2.45, 2.75) is 0 Å². The van der Waals surface area contributed by atoms with Gasteiger partial charge < -0.3 is 9.90 Å². The molecule has 0 fully saturated rings. The number of rotatable bonds is 2. The number of hydrogen-bond acceptors (Lipinski definition) is 4. The normalized spacial score (nSPS) is 8.42. The van der Waals surface area contributed by atoms with Crippen molar-refractivity contribution in [1.82, 2.24) is 4.98 Å². The first-order valence-corrected chi connectivity index (χ1v) is 3.16. The summed E-state index contributed by atoms with van der Waals surface area (Å²) in [4.78, 5) is 16.0. The molecule has 1 aromatic rings. The van der Waals surface area contributed by atoms with Crippen LogP contribution < -0.4 is 39.5 Å². The molecule has 1 heterocycles. The van der Waals surface area contributed by atoms with Crippen LogP contribution in [0.5, 0.6) is 0 Å². The predicted octanol–water partition coefficient (Wildman–Crippen LogP) is -2.99. The van der Waals surface area contributed by atoms with Gasteiger partial charge in [0.1, 0.15) is 5.69 Å². The number of carbonyl (C=O) groups excluding carboxylic acids is 1. The molecule has 0 atom stereocenters. The molecule has 1 aromatic heterocycles. The Morgan fingerprint density at radius 1 is 1.67 bits per heavy atom. The van der Waals surface area contributed by atoms with Crippen LogP contribution in [0.3, 0.4) is 0 Å². The van der Waals surface area contributed by atoms with Crippen molar-refractivity contribution in [3.8, 4) is 0 Å². The Balaban J connectivity index is 0.00000121. The van der Waals surface area contributed by atoms with Crippen molar-refractivity contribution >= 4 is 23.4 Å². The van der Waals surface area contributed by atoms with Gasteiger partial charge >= 0.3 is 29.6 Å². The van der Waals surface area contributed by atoms with E-state index in [0.717, 1.165) is 0 Å². The van der Waals surface area contributed by atoms with Crippen LogP contribution in [0, 0.1) is 0 Å². The summed E-state index contributed by atoms with van der Waals surface area (Å²) in [7, 11) is 0. The fraction of sp³-hybridized carbons (Fsp3) is 0. The molecular formula is C6H4ClN2NaO2. The van der Waals surface area contributed by atoms with E-state index < -0.39 is 5.97 Å². The van der Waals surface area contributed by atoms with Gasteiger partial charge in [0.05, 0.1) is 11.7 Å². The second-order valence-electron chi connectivity index (χ2n) is 1.78. The molecule has 0 aromatic carbocycles. The van der Waals surface area contributed by atoms with Gasteiger partial charge in [-0.3, -0.25) is 9.82 Å². The molecule has 0 amide bonds. The predicted molar refractivity (Wildman–Crippen MR) is 38.0 cm³/mol. The van der Waals surface area contributed by atoms with E-state index in [4.69, 9.17) is 11.8 Å². The summed E-state index contributed by atoms with van der Waals surface area (Å²) in [5.41, 5.74) is 0.0386. The molecule has 0 aliphatic carbocycles. The van der Waals surface area contributed by atoms with E-state index in [2.05, 4.69) is 9.82 Å². The molecule has 0 saturated heterocycles. The van der Waals surface area contributed by atoms with Gasteiger partial charge in [0.25, 0.3) is 0 Å². The zero-order valence-corrected chi connectivity index (χ0v) is 9.13. The smallest absolute Gasteiger partial charge is 0.543 e. The third-order valence-electron chi connectivity index (χ3n) is 1.10. The summed E-state index contributed by atoms with van der Waals surface area (Å²) < 4.78 is 0. The van der Waals surface area contributed by atoms with Crippen LogP contribution in [0.4, 0.5) is 5.69 Å². The first-order valence-electron chi connectivity index (χ1n) is 2.78. The zero-order chi connectivity index (χ0) is 8.27. The largest absolute Gasteiger partial charge is 1.00 e. The minimum Gasteiger partial charge on any atom is -0.543 e. The van der Waals surface area contributed by atoms with Crippen molar-refractivity contribution in [2.75, 3.05) is 4.84 Å². The number of pyridine rings is 1. The topological polar surface area (TPSA) is 65.0 Å². The number of aromatic carboxylic acids is 1. The van der Waals surface area contributed by atoms with Crippen LogP contribution in [0.25, 0.3) is 0 Å². The Kier molecular flexibility index (Phi) is 5.24. The maximum atomic E-state index is 10.3. The molecule has 0 radical (unpaired) electrons. The van der Waals surface area contributed by atoms with Gasteiger partial charge in [-0.25, -0.2) is 0 Å². The third kappa shape index (κ3) is 2.64. The van der Waals surface area contributed by atoms with Crippen LogP contribution in [-0.2, 0) is 0 Å². The third-order valence-corrected chi connectivity index (χ3v) is 1.31. The molecule has 0 bridgehead atoms. The van der Waals surface area contributed by atoms with Crippen molar-refractivity contribution in [3.63, 3.8) is 0 Å².